The number of fused-ring (bicyclic) bond motifs is 1. The number of aromatic amines is 1. The molecule has 4 rings (SSSR count). The molecule has 0 fully saturated rings. The molecule has 0 radical (unpaired) electrons. The SMILES string of the molecule is O=Nc1cccc(CC(=O)Nc2nc(-c3c[nH]c4ncccc34)cs2)c1. The lowest BCUT2D eigenvalue weighted by atomic mass is 10.1. The predicted octanol–water partition coefficient (Wildman–Crippen LogP) is 4.27. The number of rotatable bonds is 5. The van der Waals surface area contributed by atoms with Crippen molar-refractivity contribution in [3.8, 4) is 11.3 Å². The summed E-state index contributed by atoms with van der Waals surface area (Å²) < 4.78 is 0. The van der Waals surface area contributed by atoms with E-state index in [2.05, 4.69) is 25.4 Å². The number of H-pyrrole nitrogens is 1. The van der Waals surface area contributed by atoms with E-state index in [1.54, 1.807) is 30.5 Å². The van der Waals surface area contributed by atoms with Gasteiger partial charge in [-0.05, 0) is 35.0 Å². The first-order chi connectivity index (χ1) is 12.7. The molecule has 4 aromatic rings. The first-order valence-electron chi connectivity index (χ1n) is 7.83. The number of nitroso groups, excluding NO2 is 1. The minimum absolute atomic E-state index is 0.148. The van der Waals surface area contributed by atoms with Crippen LogP contribution in [0.4, 0.5) is 10.8 Å². The van der Waals surface area contributed by atoms with Crippen LogP contribution < -0.4 is 5.32 Å². The van der Waals surface area contributed by atoms with E-state index in [0.717, 1.165) is 27.9 Å². The fourth-order valence-corrected chi connectivity index (χ4v) is 3.42. The summed E-state index contributed by atoms with van der Waals surface area (Å²) >= 11 is 1.36. The van der Waals surface area contributed by atoms with Gasteiger partial charge in [0.25, 0.3) is 0 Å². The molecule has 0 atom stereocenters. The third-order valence-electron chi connectivity index (χ3n) is 3.86. The Balaban J connectivity index is 1.49. The summed E-state index contributed by atoms with van der Waals surface area (Å²) in [4.78, 5) is 34.7. The molecular weight excluding hydrogens is 350 g/mol. The number of aromatic nitrogens is 3. The number of thiazole rings is 1. The van der Waals surface area contributed by atoms with E-state index >= 15 is 0 Å². The van der Waals surface area contributed by atoms with E-state index in [9.17, 15) is 9.70 Å². The van der Waals surface area contributed by atoms with Gasteiger partial charge in [-0.2, -0.15) is 0 Å². The smallest absolute Gasteiger partial charge is 0.230 e. The standard InChI is InChI=1S/C18H13N5O2S/c24-16(8-11-3-1-4-12(7-11)23-25)22-18-21-15(10-26-18)14-9-20-17-13(14)5-2-6-19-17/h1-7,9-10H,8H2,(H,19,20)(H,21,22,24). The van der Waals surface area contributed by atoms with Gasteiger partial charge in [0.1, 0.15) is 11.3 Å². The van der Waals surface area contributed by atoms with Gasteiger partial charge in [0.05, 0.1) is 12.1 Å². The van der Waals surface area contributed by atoms with Crippen molar-refractivity contribution in [3.05, 3.63) is 64.6 Å². The first kappa shape index (κ1) is 16.1. The van der Waals surface area contributed by atoms with Gasteiger partial charge in [-0.15, -0.1) is 16.2 Å². The van der Waals surface area contributed by atoms with Crippen LogP contribution in [-0.4, -0.2) is 20.9 Å². The lowest BCUT2D eigenvalue weighted by Crippen LogP contribution is -2.14. The van der Waals surface area contributed by atoms with Crippen LogP contribution in [-0.2, 0) is 11.2 Å². The molecule has 0 aliphatic rings. The summed E-state index contributed by atoms with van der Waals surface area (Å²) in [6.45, 7) is 0. The molecule has 2 N–H and O–H groups in total. The third kappa shape index (κ3) is 3.22. The Hall–Kier alpha value is -3.39. The van der Waals surface area contributed by atoms with E-state index in [4.69, 9.17) is 0 Å². The zero-order chi connectivity index (χ0) is 17.9. The number of carbonyl (C=O) groups is 1. The molecule has 1 aromatic carbocycles. The molecule has 1 amide bonds. The summed E-state index contributed by atoms with van der Waals surface area (Å²) in [7, 11) is 0. The van der Waals surface area contributed by atoms with Crippen LogP contribution in [0.25, 0.3) is 22.3 Å². The van der Waals surface area contributed by atoms with Crippen LogP contribution in [0.5, 0.6) is 0 Å². The van der Waals surface area contributed by atoms with Gasteiger partial charge in [-0.1, -0.05) is 12.1 Å². The molecule has 0 unspecified atom stereocenters. The second-order valence-corrected chi connectivity index (χ2v) is 6.48. The second kappa shape index (κ2) is 6.85. The van der Waals surface area contributed by atoms with Gasteiger partial charge in [0.2, 0.25) is 5.91 Å². The van der Waals surface area contributed by atoms with Gasteiger partial charge in [-0.3, -0.25) is 4.79 Å². The van der Waals surface area contributed by atoms with E-state index in [0.29, 0.717) is 10.8 Å². The Morgan fingerprint density at radius 3 is 3.08 bits per heavy atom. The van der Waals surface area contributed by atoms with Gasteiger partial charge in [0.15, 0.2) is 5.13 Å². The zero-order valence-corrected chi connectivity index (χ0v) is 14.3. The highest BCUT2D eigenvalue weighted by molar-refractivity contribution is 7.14. The summed E-state index contributed by atoms with van der Waals surface area (Å²) in [5.74, 6) is -0.199. The maximum absolute atomic E-state index is 12.2. The Bertz CT molecular complexity index is 1100. The van der Waals surface area contributed by atoms with Gasteiger partial charge in [-0.25, -0.2) is 9.97 Å². The van der Waals surface area contributed by atoms with E-state index in [1.165, 1.54) is 11.3 Å². The molecule has 0 spiro atoms. The number of hydrogen-bond donors (Lipinski definition) is 2. The molecule has 3 aromatic heterocycles. The predicted molar refractivity (Wildman–Crippen MR) is 101 cm³/mol. The van der Waals surface area contributed by atoms with Crippen molar-refractivity contribution in [2.24, 2.45) is 5.18 Å². The maximum Gasteiger partial charge on any atom is 0.230 e. The molecule has 8 heteroatoms. The lowest BCUT2D eigenvalue weighted by molar-refractivity contribution is -0.115. The quantitative estimate of drug-likeness (QED) is 0.517. The fraction of sp³-hybridized carbons (Fsp3) is 0.0556. The average Bonchev–Trinajstić information content (AvgIpc) is 3.28. The van der Waals surface area contributed by atoms with Crippen LogP contribution in [0.1, 0.15) is 5.56 Å². The van der Waals surface area contributed by atoms with Crippen molar-refractivity contribution in [1.82, 2.24) is 15.0 Å². The van der Waals surface area contributed by atoms with E-state index in [-0.39, 0.29) is 12.3 Å². The summed E-state index contributed by atoms with van der Waals surface area (Å²) in [6, 6.07) is 10.5. The van der Waals surface area contributed by atoms with E-state index in [1.807, 2.05) is 23.7 Å². The maximum atomic E-state index is 12.2. The number of carbonyl (C=O) groups excluding carboxylic acids is 1. The lowest BCUT2D eigenvalue weighted by Gasteiger charge is -2.02. The third-order valence-corrected chi connectivity index (χ3v) is 4.62. The minimum Gasteiger partial charge on any atom is -0.345 e. The fourth-order valence-electron chi connectivity index (χ4n) is 2.69. The van der Waals surface area contributed by atoms with Crippen molar-refractivity contribution in [2.45, 2.75) is 6.42 Å². The summed E-state index contributed by atoms with van der Waals surface area (Å²) in [5, 5.41) is 9.06. The molecule has 0 saturated carbocycles. The largest absolute Gasteiger partial charge is 0.345 e. The molecule has 0 saturated heterocycles. The van der Waals surface area contributed by atoms with Gasteiger partial charge in [0, 0.05) is 28.7 Å². The van der Waals surface area contributed by atoms with Gasteiger partial charge >= 0.3 is 0 Å². The Morgan fingerprint density at radius 1 is 1.27 bits per heavy atom. The topological polar surface area (TPSA) is 100 Å². The first-order valence-corrected chi connectivity index (χ1v) is 8.71. The number of pyridine rings is 1. The molecule has 7 nitrogen and oxygen atoms in total. The highest BCUT2D eigenvalue weighted by Gasteiger charge is 2.12. The van der Waals surface area contributed by atoms with Crippen LogP contribution in [0.15, 0.2) is 59.3 Å². The average molecular weight is 363 g/mol. The van der Waals surface area contributed by atoms with Crippen molar-refractivity contribution < 1.29 is 4.79 Å². The van der Waals surface area contributed by atoms with Crippen molar-refractivity contribution in [2.75, 3.05) is 5.32 Å². The summed E-state index contributed by atoms with van der Waals surface area (Å²) in [5.41, 5.74) is 3.54. The highest BCUT2D eigenvalue weighted by Crippen LogP contribution is 2.30. The second-order valence-electron chi connectivity index (χ2n) is 5.63. The van der Waals surface area contributed by atoms with Crippen LogP contribution in [0, 0.1) is 4.91 Å². The summed E-state index contributed by atoms with van der Waals surface area (Å²) in [6.07, 6.45) is 3.73. The number of nitrogens with one attached hydrogen (secondary N) is 2. The van der Waals surface area contributed by atoms with E-state index < -0.39 is 0 Å². The number of hydrogen-bond acceptors (Lipinski definition) is 6. The van der Waals surface area contributed by atoms with Crippen molar-refractivity contribution in [3.63, 3.8) is 0 Å². The van der Waals surface area contributed by atoms with Gasteiger partial charge < -0.3 is 10.3 Å². The highest BCUT2D eigenvalue weighted by atomic mass is 32.1. The number of amides is 1. The number of nitrogens with zero attached hydrogens (tertiary/aromatic N) is 3. The zero-order valence-electron chi connectivity index (χ0n) is 13.5. The minimum atomic E-state index is -0.199. The molecule has 0 aliphatic heterocycles. The van der Waals surface area contributed by atoms with Crippen molar-refractivity contribution in [1.29, 1.82) is 0 Å². The Labute approximate surface area is 152 Å². The monoisotopic (exact) mass is 363 g/mol. The molecule has 0 aliphatic carbocycles. The number of benzene rings is 1. The molecule has 3 heterocycles. The van der Waals surface area contributed by atoms with Crippen LogP contribution in [0.2, 0.25) is 0 Å². The number of anilines is 1. The molecular formula is C18H13N5O2S. The van der Waals surface area contributed by atoms with Crippen LogP contribution >= 0.6 is 11.3 Å². The van der Waals surface area contributed by atoms with Crippen LogP contribution in [0.3, 0.4) is 0 Å². The molecule has 128 valence electrons. The Morgan fingerprint density at radius 2 is 2.19 bits per heavy atom. The molecule has 0 bridgehead atoms. The van der Waals surface area contributed by atoms with Crippen molar-refractivity contribution >= 4 is 39.1 Å². The Kier molecular flexibility index (Phi) is 4.24. The molecule has 26 heavy (non-hydrogen) atoms. The normalized spacial score (nSPS) is 10.8.